The molecule has 1 atom stereocenters. The van der Waals surface area contributed by atoms with Crippen molar-refractivity contribution in [2.45, 2.75) is 39.3 Å². The Morgan fingerprint density at radius 3 is 2.67 bits per heavy atom. The van der Waals surface area contributed by atoms with Crippen LogP contribution in [0.1, 0.15) is 24.7 Å². The van der Waals surface area contributed by atoms with Crippen LogP contribution in [0.4, 0.5) is 0 Å². The van der Waals surface area contributed by atoms with Crippen molar-refractivity contribution in [3.8, 4) is 0 Å². The Labute approximate surface area is 88.9 Å². The molecule has 1 rings (SSSR count). The van der Waals surface area contributed by atoms with E-state index in [2.05, 4.69) is 5.10 Å². The van der Waals surface area contributed by atoms with Crippen molar-refractivity contribution >= 4 is 5.97 Å². The first-order chi connectivity index (χ1) is 6.83. The zero-order valence-electron chi connectivity index (χ0n) is 9.32. The zero-order chi connectivity index (χ0) is 11.6. The van der Waals surface area contributed by atoms with E-state index in [1.807, 2.05) is 19.9 Å². The highest BCUT2D eigenvalue weighted by atomic mass is 16.4. The van der Waals surface area contributed by atoms with Crippen molar-refractivity contribution in [3.05, 3.63) is 17.5 Å². The topological polar surface area (TPSA) is 81.1 Å². The molecule has 0 aliphatic rings. The summed E-state index contributed by atoms with van der Waals surface area (Å²) in [5, 5.41) is 13.1. The van der Waals surface area contributed by atoms with Crippen molar-refractivity contribution in [3.63, 3.8) is 0 Å². The van der Waals surface area contributed by atoms with Gasteiger partial charge in [-0.05, 0) is 33.3 Å². The van der Waals surface area contributed by atoms with Gasteiger partial charge in [-0.1, -0.05) is 0 Å². The summed E-state index contributed by atoms with van der Waals surface area (Å²) < 4.78 is 1.78. The number of hydrogen-bond acceptors (Lipinski definition) is 3. The van der Waals surface area contributed by atoms with E-state index >= 15 is 0 Å². The molecule has 0 radical (unpaired) electrons. The van der Waals surface area contributed by atoms with Gasteiger partial charge >= 0.3 is 5.97 Å². The van der Waals surface area contributed by atoms with Gasteiger partial charge in [0.2, 0.25) is 0 Å². The van der Waals surface area contributed by atoms with E-state index in [9.17, 15) is 4.79 Å². The molecule has 0 saturated heterocycles. The molecule has 0 aliphatic carbocycles. The maximum absolute atomic E-state index is 10.8. The van der Waals surface area contributed by atoms with Gasteiger partial charge < -0.3 is 10.8 Å². The number of carboxylic acid groups (broad SMARTS) is 1. The zero-order valence-corrected chi connectivity index (χ0v) is 9.32. The molecule has 0 aliphatic heterocycles. The minimum Gasteiger partial charge on any atom is -0.480 e. The summed E-state index contributed by atoms with van der Waals surface area (Å²) in [6, 6.07) is 1.95. The summed E-state index contributed by atoms with van der Waals surface area (Å²) in [6.07, 6.45) is 0.365. The SMILES string of the molecule is Cc1cc(C)n(CCC(C)(N)C(=O)O)n1. The number of carboxylic acids is 1. The first kappa shape index (κ1) is 11.7. The van der Waals surface area contributed by atoms with E-state index in [0.29, 0.717) is 13.0 Å². The maximum atomic E-state index is 10.8. The van der Waals surface area contributed by atoms with Crippen LogP contribution >= 0.6 is 0 Å². The number of aromatic nitrogens is 2. The third kappa shape index (κ3) is 2.79. The van der Waals surface area contributed by atoms with Gasteiger partial charge in [0, 0.05) is 12.2 Å². The average Bonchev–Trinajstić information content (AvgIpc) is 2.41. The number of aliphatic carboxylic acids is 1. The Morgan fingerprint density at radius 1 is 1.67 bits per heavy atom. The Morgan fingerprint density at radius 2 is 2.27 bits per heavy atom. The molecule has 1 aromatic heterocycles. The van der Waals surface area contributed by atoms with Crippen molar-refractivity contribution in [1.82, 2.24) is 9.78 Å². The van der Waals surface area contributed by atoms with Crippen LogP contribution in [-0.4, -0.2) is 26.4 Å². The van der Waals surface area contributed by atoms with E-state index in [-0.39, 0.29) is 0 Å². The Hall–Kier alpha value is -1.36. The Balaban J connectivity index is 2.65. The summed E-state index contributed by atoms with van der Waals surface area (Å²) in [4.78, 5) is 10.8. The molecule has 0 spiro atoms. The summed E-state index contributed by atoms with van der Waals surface area (Å²) in [5.74, 6) is -0.982. The quantitative estimate of drug-likeness (QED) is 0.767. The maximum Gasteiger partial charge on any atom is 0.323 e. The molecule has 0 saturated carbocycles. The van der Waals surface area contributed by atoms with Crippen LogP contribution in [-0.2, 0) is 11.3 Å². The van der Waals surface area contributed by atoms with Gasteiger partial charge in [-0.25, -0.2) is 0 Å². The second kappa shape index (κ2) is 4.02. The first-order valence-electron chi connectivity index (χ1n) is 4.86. The molecule has 0 bridgehead atoms. The minimum absolute atomic E-state index is 0.365. The van der Waals surface area contributed by atoms with Gasteiger partial charge in [0.25, 0.3) is 0 Å². The van der Waals surface area contributed by atoms with Gasteiger partial charge in [-0.3, -0.25) is 9.48 Å². The highest BCUT2D eigenvalue weighted by molar-refractivity contribution is 5.77. The van der Waals surface area contributed by atoms with E-state index < -0.39 is 11.5 Å². The van der Waals surface area contributed by atoms with Gasteiger partial charge in [0.05, 0.1) is 5.69 Å². The van der Waals surface area contributed by atoms with Crippen LogP contribution in [0.2, 0.25) is 0 Å². The standard InChI is InChI=1S/C10H17N3O2/c1-7-6-8(2)13(12-7)5-4-10(3,11)9(14)15/h6H,4-5,11H2,1-3H3,(H,14,15). The van der Waals surface area contributed by atoms with Gasteiger partial charge in [-0.2, -0.15) is 5.10 Å². The number of carbonyl (C=O) groups is 1. The number of hydrogen-bond donors (Lipinski definition) is 2. The highest BCUT2D eigenvalue weighted by Crippen LogP contribution is 2.09. The van der Waals surface area contributed by atoms with Gasteiger partial charge in [0.15, 0.2) is 0 Å². The highest BCUT2D eigenvalue weighted by Gasteiger charge is 2.27. The average molecular weight is 211 g/mol. The van der Waals surface area contributed by atoms with Crippen molar-refractivity contribution in [1.29, 1.82) is 0 Å². The van der Waals surface area contributed by atoms with Crippen molar-refractivity contribution < 1.29 is 9.90 Å². The fraction of sp³-hybridized carbons (Fsp3) is 0.600. The fourth-order valence-electron chi connectivity index (χ4n) is 1.35. The Kier molecular flexibility index (Phi) is 3.14. The molecule has 84 valence electrons. The normalized spacial score (nSPS) is 14.9. The molecule has 1 heterocycles. The van der Waals surface area contributed by atoms with Crippen LogP contribution in [0.5, 0.6) is 0 Å². The van der Waals surface area contributed by atoms with E-state index in [1.54, 1.807) is 4.68 Å². The second-order valence-corrected chi connectivity index (χ2v) is 4.12. The van der Waals surface area contributed by atoms with E-state index in [0.717, 1.165) is 11.4 Å². The predicted octanol–water partition coefficient (Wildman–Crippen LogP) is 0.692. The smallest absolute Gasteiger partial charge is 0.323 e. The summed E-state index contributed by atoms with van der Waals surface area (Å²) >= 11 is 0. The number of rotatable bonds is 4. The lowest BCUT2D eigenvalue weighted by Gasteiger charge is -2.19. The summed E-state index contributed by atoms with van der Waals surface area (Å²) in [7, 11) is 0. The van der Waals surface area contributed by atoms with Crippen LogP contribution in [0.25, 0.3) is 0 Å². The molecule has 0 amide bonds. The molecule has 0 fully saturated rings. The summed E-state index contributed by atoms with van der Waals surface area (Å²) in [5.41, 5.74) is 6.39. The lowest BCUT2D eigenvalue weighted by Crippen LogP contribution is -2.45. The molecule has 1 aromatic rings. The first-order valence-corrected chi connectivity index (χ1v) is 4.86. The van der Waals surface area contributed by atoms with Crippen LogP contribution in [0, 0.1) is 13.8 Å². The summed E-state index contributed by atoms with van der Waals surface area (Å²) in [6.45, 7) is 5.89. The molecule has 1 unspecified atom stereocenters. The van der Waals surface area contributed by atoms with E-state index in [4.69, 9.17) is 10.8 Å². The number of nitrogens with two attached hydrogens (primary N) is 1. The predicted molar refractivity (Wildman–Crippen MR) is 56.5 cm³/mol. The van der Waals surface area contributed by atoms with Crippen molar-refractivity contribution in [2.24, 2.45) is 5.73 Å². The lowest BCUT2D eigenvalue weighted by molar-refractivity contribution is -0.143. The minimum atomic E-state index is -1.19. The Bertz CT molecular complexity index is 369. The third-order valence-electron chi connectivity index (χ3n) is 2.43. The number of nitrogens with zero attached hydrogens (tertiary/aromatic N) is 2. The monoisotopic (exact) mass is 211 g/mol. The van der Waals surface area contributed by atoms with Gasteiger partial charge in [0.1, 0.15) is 5.54 Å². The molecular formula is C10H17N3O2. The van der Waals surface area contributed by atoms with Crippen LogP contribution in [0.15, 0.2) is 6.07 Å². The van der Waals surface area contributed by atoms with Crippen molar-refractivity contribution in [2.75, 3.05) is 0 Å². The number of aryl methyl sites for hydroxylation is 3. The molecule has 0 aromatic carbocycles. The van der Waals surface area contributed by atoms with E-state index in [1.165, 1.54) is 6.92 Å². The van der Waals surface area contributed by atoms with Crippen LogP contribution in [0.3, 0.4) is 0 Å². The third-order valence-corrected chi connectivity index (χ3v) is 2.43. The second-order valence-electron chi connectivity index (χ2n) is 4.12. The molecular weight excluding hydrogens is 194 g/mol. The lowest BCUT2D eigenvalue weighted by atomic mass is 10.00. The fourth-order valence-corrected chi connectivity index (χ4v) is 1.35. The molecule has 15 heavy (non-hydrogen) atoms. The largest absolute Gasteiger partial charge is 0.480 e. The molecule has 5 nitrogen and oxygen atoms in total. The van der Waals surface area contributed by atoms with Gasteiger partial charge in [-0.15, -0.1) is 0 Å². The van der Waals surface area contributed by atoms with Crippen LogP contribution < -0.4 is 5.73 Å². The molecule has 3 N–H and O–H groups in total. The molecule has 5 heteroatoms.